The first-order valence-electron chi connectivity index (χ1n) is 10.5. The van der Waals surface area contributed by atoms with Gasteiger partial charge in [0, 0.05) is 43.2 Å². The minimum atomic E-state index is -0.0656. The topological polar surface area (TPSA) is 79.4 Å². The fourth-order valence-electron chi connectivity index (χ4n) is 5.56. The number of amides is 1. The van der Waals surface area contributed by atoms with Gasteiger partial charge in [0.05, 0.1) is 12.2 Å². The Balaban J connectivity index is 1.37. The van der Waals surface area contributed by atoms with Crippen molar-refractivity contribution < 1.29 is 9.53 Å². The molecule has 1 saturated carbocycles. The first kappa shape index (κ1) is 16.2. The van der Waals surface area contributed by atoms with Crippen molar-refractivity contribution in [3.63, 3.8) is 0 Å². The zero-order chi connectivity index (χ0) is 18.0. The Bertz CT molecular complexity index is 781. The lowest BCUT2D eigenvalue weighted by atomic mass is 9.85. The summed E-state index contributed by atoms with van der Waals surface area (Å²) in [5, 5.41) is 6.68. The van der Waals surface area contributed by atoms with Gasteiger partial charge in [0.1, 0.15) is 17.3 Å². The molecule has 3 atom stereocenters. The Morgan fingerprint density at radius 3 is 2.70 bits per heavy atom. The largest absolute Gasteiger partial charge is 0.371 e. The van der Waals surface area contributed by atoms with Crippen LogP contribution in [0.4, 0.5) is 5.82 Å². The number of ether oxygens (including phenoxy) is 1. The smallest absolute Gasteiger partial charge is 0.270 e. The lowest BCUT2D eigenvalue weighted by Crippen LogP contribution is -2.59. The molecule has 1 aliphatic carbocycles. The number of piperidine rings is 1. The number of anilines is 1. The predicted octanol–water partition coefficient (Wildman–Crippen LogP) is 1.13. The van der Waals surface area contributed by atoms with E-state index in [0.29, 0.717) is 30.2 Å². The number of hydrogen-bond donors (Lipinski definition) is 2. The molecule has 1 aromatic heterocycles. The second-order valence-electron chi connectivity index (χ2n) is 9.01. The SMILES string of the molecule is O=C1NCCc2c1nc(C1CC1)nc2N1CCOC2(C[C@H]3CC[C@@H](C2)N3)C1. The second-order valence-corrected chi connectivity index (χ2v) is 9.01. The summed E-state index contributed by atoms with van der Waals surface area (Å²) >= 11 is 0. The molecular weight excluding hydrogens is 342 g/mol. The van der Waals surface area contributed by atoms with E-state index in [1.54, 1.807) is 0 Å². The summed E-state index contributed by atoms with van der Waals surface area (Å²) in [6, 6.07) is 1.19. The van der Waals surface area contributed by atoms with Crippen LogP contribution in [0.3, 0.4) is 0 Å². The maximum absolute atomic E-state index is 12.5. The molecule has 27 heavy (non-hydrogen) atoms. The molecule has 4 aliphatic heterocycles. The van der Waals surface area contributed by atoms with Gasteiger partial charge in [-0.1, -0.05) is 0 Å². The molecule has 2 N–H and O–H groups in total. The van der Waals surface area contributed by atoms with E-state index < -0.39 is 0 Å². The number of fused-ring (bicyclic) bond motifs is 3. The highest BCUT2D eigenvalue weighted by Gasteiger charge is 2.47. The Labute approximate surface area is 159 Å². The van der Waals surface area contributed by atoms with Gasteiger partial charge in [-0.25, -0.2) is 9.97 Å². The molecular formula is C20H27N5O2. The van der Waals surface area contributed by atoms with Crippen molar-refractivity contribution in [2.75, 3.05) is 31.1 Å². The number of carbonyl (C=O) groups is 1. The zero-order valence-electron chi connectivity index (χ0n) is 15.7. The van der Waals surface area contributed by atoms with E-state index in [9.17, 15) is 4.79 Å². The van der Waals surface area contributed by atoms with Crippen LogP contribution in [-0.4, -0.2) is 59.8 Å². The van der Waals surface area contributed by atoms with Crippen LogP contribution in [0.2, 0.25) is 0 Å². The fourth-order valence-corrected chi connectivity index (χ4v) is 5.56. The lowest BCUT2D eigenvalue weighted by molar-refractivity contribution is -0.0846. The van der Waals surface area contributed by atoms with E-state index in [-0.39, 0.29) is 11.5 Å². The van der Waals surface area contributed by atoms with Gasteiger partial charge in [-0.3, -0.25) is 4.79 Å². The van der Waals surface area contributed by atoms with Crippen LogP contribution < -0.4 is 15.5 Å². The highest BCUT2D eigenvalue weighted by molar-refractivity contribution is 5.96. The van der Waals surface area contributed by atoms with Crippen molar-refractivity contribution in [2.45, 2.75) is 68.5 Å². The van der Waals surface area contributed by atoms with Crippen molar-refractivity contribution in [3.05, 3.63) is 17.1 Å². The normalized spacial score (nSPS) is 35.3. The number of rotatable bonds is 2. The van der Waals surface area contributed by atoms with Gasteiger partial charge >= 0.3 is 0 Å². The minimum absolute atomic E-state index is 0.0373. The van der Waals surface area contributed by atoms with Gasteiger partial charge in [0.25, 0.3) is 5.91 Å². The van der Waals surface area contributed by atoms with Crippen LogP contribution >= 0.6 is 0 Å². The standard InChI is InChI=1S/C20H27N5O2/c26-19-16-15(5-6-21-19)18(24-17(23-16)12-1-2-12)25-7-8-27-20(11-25)9-13-3-4-14(10-20)22-13/h12-14,22H,1-11H2,(H,21,26)/t13-,14+,20?. The molecule has 5 heterocycles. The second kappa shape index (κ2) is 5.88. The van der Waals surface area contributed by atoms with Gasteiger partial charge in [-0.15, -0.1) is 0 Å². The van der Waals surface area contributed by atoms with Gasteiger partial charge in [0.2, 0.25) is 0 Å². The fraction of sp³-hybridized carbons (Fsp3) is 0.750. The van der Waals surface area contributed by atoms with Crippen molar-refractivity contribution in [1.29, 1.82) is 0 Å². The summed E-state index contributed by atoms with van der Waals surface area (Å²) < 4.78 is 6.39. The number of morpholine rings is 1. The summed E-state index contributed by atoms with van der Waals surface area (Å²) in [4.78, 5) is 24.5. The highest BCUT2D eigenvalue weighted by atomic mass is 16.5. The van der Waals surface area contributed by atoms with Gasteiger partial charge in [0.15, 0.2) is 0 Å². The molecule has 6 rings (SSSR count). The van der Waals surface area contributed by atoms with E-state index in [1.165, 1.54) is 12.8 Å². The highest BCUT2D eigenvalue weighted by Crippen LogP contribution is 2.42. The molecule has 7 nitrogen and oxygen atoms in total. The van der Waals surface area contributed by atoms with E-state index in [1.807, 2.05) is 0 Å². The maximum Gasteiger partial charge on any atom is 0.270 e. The Morgan fingerprint density at radius 2 is 1.93 bits per heavy atom. The monoisotopic (exact) mass is 369 g/mol. The molecule has 1 aromatic rings. The maximum atomic E-state index is 12.5. The third-order valence-electron chi connectivity index (χ3n) is 6.94. The summed E-state index contributed by atoms with van der Waals surface area (Å²) in [7, 11) is 0. The van der Waals surface area contributed by atoms with Gasteiger partial charge in [-0.05, 0) is 44.9 Å². The third-order valence-corrected chi connectivity index (χ3v) is 6.94. The van der Waals surface area contributed by atoms with E-state index >= 15 is 0 Å². The third kappa shape index (κ3) is 2.74. The first-order chi connectivity index (χ1) is 13.2. The van der Waals surface area contributed by atoms with E-state index in [4.69, 9.17) is 9.72 Å². The molecule has 0 radical (unpaired) electrons. The zero-order valence-corrected chi connectivity index (χ0v) is 15.7. The minimum Gasteiger partial charge on any atom is -0.371 e. The van der Waals surface area contributed by atoms with Crippen LogP contribution in [-0.2, 0) is 11.2 Å². The molecule has 2 bridgehead atoms. The summed E-state index contributed by atoms with van der Waals surface area (Å²) in [6.07, 6.45) is 7.81. The summed E-state index contributed by atoms with van der Waals surface area (Å²) in [5.74, 6) is 2.27. The van der Waals surface area contributed by atoms with Crippen LogP contribution in [0.1, 0.15) is 66.3 Å². The number of aromatic nitrogens is 2. The molecule has 1 unspecified atom stereocenters. The van der Waals surface area contributed by atoms with Crippen LogP contribution in [0, 0.1) is 0 Å². The van der Waals surface area contributed by atoms with Gasteiger partial charge < -0.3 is 20.3 Å². The Hall–Kier alpha value is -1.73. The molecule has 144 valence electrons. The average Bonchev–Trinajstić information content (AvgIpc) is 3.46. The summed E-state index contributed by atoms with van der Waals surface area (Å²) in [5.41, 5.74) is 1.58. The lowest BCUT2D eigenvalue weighted by Gasteiger charge is -2.48. The number of carbonyl (C=O) groups excluding carboxylic acids is 1. The molecule has 1 amide bonds. The van der Waals surface area contributed by atoms with Crippen molar-refractivity contribution in [3.8, 4) is 0 Å². The molecule has 4 fully saturated rings. The molecule has 7 heteroatoms. The predicted molar refractivity (Wildman–Crippen MR) is 100 cm³/mol. The number of nitrogens with one attached hydrogen (secondary N) is 2. The molecule has 3 saturated heterocycles. The van der Waals surface area contributed by atoms with Crippen LogP contribution in [0.5, 0.6) is 0 Å². The summed E-state index contributed by atoms with van der Waals surface area (Å²) in [6.45, 7) is 3.15. The van der Waals surface area contributed by atoms with Crippen molar-refractivity contribution in [2.24, 2.45) is 0 Å². The Kier molecular flexibility index (Phi) is 3.54. The Morgan fingerprint density at radius 1 is 1.11 bits per heavy atom. The van der Waals surface area contributed by atoms with Crippen LogP contribution in [0.15, 0.2) is 0 Å². The van der Waals surface area contributed by atoms with Crippen molar-refractivity contribution in [1.82, 2.24) is 20.6 Å². The number of nitrogens with zero attached hydrogens (tertiary/aromatic N) is 3. The van der Waals surface area contributed by atoms with Crippen molar-refractivity contribution >= 4 is 11.7 Å². The van der Waals surface area contributed by atoms with Crippen LogP contribution in [0.25, 0.3) is 0 Å². The molecule has 1 spiro atoms. The van der Waals surface area contributed by atoms with Gasteiger partial charge in [-0.2, -0.15) is 0 Å². The quantitative estimate of drug-likeness (QED) is 0.814. The molecule has 5 aliphatic rings. The average molecular weight is 369 g/mol. The first-order valence-corrected chi connectivity index (χ1v) is 10.5. The van der Waals surface area contributed by atoms with E-state index in [2.05, 4.69) is 20.5 Å². The van der Waals surface area contributed by atoms with E-state index in [0.717, 1.165) is 69.0 Å². The molecule has 0 aromatic carbocycles. The number of hydrogen-bond acceptors (Lipinski definition) is 6.